The number of nitrogens with one attached hydrogen (secondary N) is 2. The molecule has 0 saturated heterocycles. The fourth-order valence-electron chi connectivity index (χ4n) is 2.02. The second-order valence-corrected chi connectivity index (χ2v) is 4.48. The molecular formula is C13H14N6O. The molecule has 0 aliphatic rings. The van der Waals surface area contributed by atoms with Gasteiger partial charge in [-0.25, -0.2) is 0 Å². The number of carbonyl (C=O) groups excluding carboxylic acids is 1. The van der Waals surface area contributed by atoms with Crippen LogP contribution >= 0.6 is 0 Å². The van der Waals surface area contributed by atoms with Crippen LogP contribution in [0.1, 0.15) is 16.1 Å². The number of nitrogens with two attached hydrogens (primary N) is 1. The zero-order valence-corrected chi connectivity index (χ0v) is 10.9. The summed E-state index contributed by atoms with van der Waals surface area (Å²) in [5.74, 6) is 0.294. The molecule has 7 heteroatoms. The number of para-hydroxylation sites is 1. The van der Waals surface area contributed by atoms with Gasteiger partial charge in [-0.2, -0.15) is 10.2 Å². The summed E-state index contributed by atoms with van der Waals surface area (Å²) in [6.07, 6.45) is 1.64. The van der Waals surface area contributed by atoms with Crippen molar-refractivity contribution in [2.75, 3.05) is 5.73 Å². The Bertz CT molecular complexity index is 772. The van der Waals surface area contributed by atoms with Gasteiger partial charge in [0.05, 0.1) is 11.7 Å². The number of aryl methyl sites for hydroxylation is 1. The number of anilines is 1. The van der Waals surface area contributed by atoms with E-state index < -0.39 is 0 Å². The largest absolute Gasteiger partial charge is 0.384 e. The average molecular weight is 270 g/mol. The predicted octanol–water partition coefficient (Wildman–Crippen LogP) is 0.809. The zero-order valence-electron chi connectivity index (χ0n) is 10.9. The number of nitrogen functional groups attached to an aromatic ring is 1. The summed E-state index contributed by atoms with van der Waals surface area (Å²) in [6, 6.07) is 7.48. The van der Waals surface area contributed by atoms with Crippen LogP contribution in [-0.4, -0.2) is 25.9 Å². The number of amides is 1. The number of fused-ring (bicyclic) bond motifs is 1. The van der Waals surface area contributed by atoms with Gasteiger partial charge in [0, 0.05) is 24.5 Å². The molecule has 0 aliphatic carbocycles. The van der Waals surface area contributed by atoms with Crippen LogP contribution in [0.15, 0.2) is 30.5 Å². The molecule has 2 heterocycles. The van der Waals surface area contributed by atoms with Crippen molar-refractivity contribution in [1.82, 2.24) is 25.3 Å². The van der Waals surface area contributed by atoms with E-state index in [1.807, 2.05) is 24.3 Å². The van der Waals surface area contributed by atoms with Crippen LogP contribution in [0.3, 0.4) is 0 Å². The summed E-state index contributed by atoms with van der Waals surface area (Å²) in [7, 11) is 1.75. The molecule has 4 N–H and O–H groups in total. The van der Waals surface area contributed by atoms with Gasteiger partial charge < -0.3 is 11.1 Å². The Hall–Kier alpha value is -2.83. The van der Waals surface area contributed by atoms with Crippen molar-refractivity contribution >= 4 is 22.6 Å². The van der Waals surface area contributed by atoms with E-state index in [2.05, 4.69) is 20.6 Å². The molecule has 0 spiro atoms. The van der Waals surface area contributed by atoms with Crippen molar-refractivity contribution in [3.63, 3.8) is 0 Å². The molecule has 1 aromatic carbocycles. The highest BCUT2D eigenvalue weighted by Crippen LogP contribution is 2.15. The summed E-state index contributed by atoms with van der Waals surface area (Å²) < 4.78 is 1.56. The lowest BCUT2D eigenvalue weighted by Gasteiger charge is -2.03. The second kappa shape index (κ2) is 4.69. The number of rotatable bonds is 3. The second-order valence-electron chi connectivity index (χ2n) is 4.48. The number of nitrogens with zero attached hydrogens (tertiary/aromatic N) is 3. The molecule has 2 aromatic heterocycles. The fraction of sp³-hybridized carbons (Fsp3) is 0.154. The first kappa shape index (κ1) is 12.2. The summed E-state index contributed by atoms with van der Waals surface area (Å²) >= 11 is 0. The third-order valence-corrected chi connectivity index (χ3v) is 3.19. The molecule has 0 saturated carbocycles. The highest BCUT2D eigenvalue weighted by atomic mass is 16.1. The van der Waals surface area contributed by atoms with Crippen LogP contribution in [0.25, 0.3) is 10.9 Å². The lowest BCUT2D eigenvalue weighted by molar-refractivity contribution is 0.0947. The van der Waals surface area contributed by atoms with E-state index in [4.69, 9.17) is 5.73 Å². The Kier molecular flexibility index (Phi) is 2.86. The number of carbonyl (C=O) groups is 1. The SMILES string of the molecule is Cn1ncc(CNC(=O)c2n[nH]c3ccccc23)c1N. The first-order valence-corrected chi connectivity index (χ1v) is 6.14. The normalized spacial score (nSPS) is 10.8. The lowest BCUT2D eigenvalue weighted by Crippen LogP contribution is -2.23. The summed E-state index contributed by atoms with van der Waals surface area (Å²) in [6.45, 7) is 0.319. The van der Waals surface area contributed by atoms with Crippen molar-refractivity contribution in [2.24, 2.45) is 7.05 Å². The van der Waals surface area contributed by atoms with Gasteiger partial charge in [0.15, 0.2) is 5.69 Å². The number of aromatic amines is 1. The van der Waals surface area contributed by atoms with E-state index in [0.29, 0.717) is 18.1 Å². The van der Waals surface area contributed by atoms with Gasteiger partial charge in [-0.15, -0.1) is 0 Å². The molecule has 7 nitrogen and oxygen atoms in total. The van der Waals surface area contributed by atoms with Gasteiger partial charge in [0.1, 0.15) is 5.82 Å². The Morgan fingerprint density at radius 2 is 2.25 bits per heavy atom. The minimum Gasteiger partial charge on any atom is -0.384 e. The monoisotopic (exact) mass is 270 g/mol. The summed E-state index contributed by atoms with van der Waals surface area (Å²) in [5, 5.41) is 14.5. The summed E-state index contributed by atoms with van der Waals surface area (Å²) in [5.41, 5.74) is 7.81. The van der Waals surface area contributed by atoms with Gasteiger partial charge in [0.25, 0.3) is 5.91 Å². The van der Waals surface area contributed by atoms with Crippen molar-refractivity contribution in [1.29, 1.82) is 0 Å². The van der Waals surface area contributed by atoms with Gasteiger partial charge in [-0.1, -0.05) is 18.2 Å². The smallest absolute Gasteiger partial charge is 0.272 e. The van der Waals surface area contributed by atoms with E-state index in [9.17, 15) is 4.79 Å². The maximum atomic E-state index is 12.1. The molecule has 0 radical (unpaired) electrons. The van der Waals surface area contributed by atoms with Crippen LogP contribution in [0.2, 0.25) is 0 Å². The maximum absolute atomic E-state index is 12.1. The molecule has 3 aromatic rings. The Labute approximate surface area is 114 Å². The van der Waals surface area contributed by atoms with Gasteiger partial charge in [-0.05, 0) is 6.07 Å². The molecule has 20 heavy (non-hydrogen) atoms. The van der Waals surface area contributed by atoms with Crippen molar-refractivity contribution in [2.45, 2.75) is 6.54 Å². The van der Waals surface area contributed by atoms with E-state index in [0.717, 1.165) is 16.5 Å². The third-order valence-electron chi connectivity index (χ3n) is 3.19. The van der Waals surface area contributed by atoms with Gasteiger partial charge in [0.2, 0.25) is 0 Å². The van der Waals surface area contributed by atoms with Crippen molar-refractivity contribution in [3.8, 4) is 0 Å². The zero-order chi connectivity index (χ0) is 14.1. The molecule has 0 fully saturated rings. The Balaban J connectivity index is 1.78. The van der Waals surface area contributed by atoms with Crippen LogP contribution in [0.4, 0.5) is 5.82 Å². The molecule has 0 bridgehead atoms. The Morgan fingerprint density at radius 3 is 3.00 bits per heavy atom. The van der Waals surface area contributed by atoms with E-state index >= 15 is 0 Å². The van der Waals surface area contributed by atoms with Crippen molar-refractivity contribution in [3.05, 3.63) is 41.7 Å². The molecule has 0 unspecified atom stereocenters. The first-order valence-electron chi connectivity index (χ1n) is 6.14. The van der Waals surface area contributed by atoms with Crippen LogP contribution in [-0.2, 0) is 13.6 Å². The summed E-state index contributed by atoms with van der Waals surface area (Å²) in [4.78, 5) is 12.1. The highest BCUT2D eigenvalue weighted by Gasteiger charge is 2.14. The molecule has 102 valence electrons. The number of benzene rings is 1. The van der Waals surface area contributed by atoms with E-state index in [1.54, 1.807) is 17.9 Å². The quantitative estimate of drug-likeness (QED) is 0.655. The third kappa shape index (κ3) is 1.99. The molecule has 3 rings (SSSR count). The van der Waals surface area contributed by atoms with Gasteiger partial charge in [-0.3, -0.25) is 14.6 Å². The molecule has 1 amide bonds. The number of aromatic nitrogens is 4. The Morgan fingerprint density at radius 1 is 1.45 bits per heavy atom. The maximum Gasteiger partial charge on any atom is 0.272 e. The fourth-order valence-corrected chi connectivity index (χ4v) is 2.02. The number of H-pyrrole nitrogens is 1. The topological polar surface area (TPSA) is 102 Å². The van der Waals surface area contributed by atoms with Crippen LogP contribution in [0.5, 0.6) is 0 Å². The first-order chi connectivity index (χ1) is 9.66. The molecular weight excluding hydrogens is 256 g/mol. The standard InChI is InChI=1S/C13H14N6O/c1-19-12(14)8(7-16-19)6-15-13(20)11-9-4-2-3-5-10(9)17-18-11/h2-5,7H,6,14H2,1H3,(H,15,20)(H,17,18). The minimum absolute atomic E-state index is 0.245. The highest BCUT2D eigenvalue weighted by molar-refractivity contribution is 6.04. The van der Waals surface area contributed by atoms with E-state index in [-0.39, 0.29) is 5.91 Å². The van der Waals surface area contributed by atoms with Crippen LogP contribution in [0, 0.1) is 0 Å². The van der Waals surface area contributed by atoms with Crippen molar-refractivity contribution < 1.29 is 4.79 Å². The van der Waals surface area contributed by atoms with E-state index in [1.165, 1.54) is 0 Å². The van der Waals surface area contributed by atoms with Crippen LogP contribution < -0.4 is 11.1 Å². The minimum atomic E-state index is -0.245. The number of hydrogen-bond donors (Lipinski definition) is 3. The lowest BCUT2D eigenvalue weighted by atomic mass is 10.2. The van der Waals surface area contributed by atoms with Gasteiger partial charge >= 0.3 is 0 Å². The number of hydrogen-bond acceptors (Lipinski definition) is 4. The molecule has 0 atom stereocenters. The predicted molar refractivity (Wildman–Crippen MR) is 74.9 cm³/mol. The molecule has 0 aliphatic heterocycles. The average Bonchev–Trinajstić information content (AvgIpc) is 3.02.